The summed E-state index contributed by atoms with van der Waals surface area (Å²) < 4.78 is 80.5. The van der Waals surface area contributed by atoms with Crippen LogP contribution in [0, 0.1) is 0 Å². The van der Waals surface area contributed by atoms with Crippen molar-refractivity contribution in [3.05, 3.63) is 79.4 Å². The first-order valence-electron chi connectivity index (χ1n) is 11.9. The number of benzene rings is 2. The van der Waals surface area contributed by atoms with Crippen molar-refractivity contribution in [3.63, 3.8) is 0 Å². The fourth-order valence-electron chi connectivity index (χ4n) is 4.46. The van der Waals surface area contributed by atoms with E-state index >= 15 is 0 Å². The highest BCUT2D eigenvalue weighted by Gasteiger charge is 2.37. The van der Waals surface area contributed by atoms with Crippen LogP contribution in [0.3, 0.4) is 0 Å². The van der Waals surface area contributed by atoms with Crippen molar-refractivity contribution in [1.82, 2.24) is 9.55 Å². The molecule has 0 unspecified atom stereocenters. The van der Waals surface area contributed by atoms with Gasteiger partial charge in [0.25, 0.3) is 5.56 Å². The van der Waals surface area contributed by atoms with Crippen LogP contribution in [-0.2, 0) is 30.0 Å². The molecule has 2 heterocycles. The standard InChI is InChI=1S/C26H18ClF6N3O2S2/c27-15-5-7-17(8-6-15)36-23(38)21-18-3-1-2-4-19(18)40-22(21)35-24(36)39-12-20(37)34-16-10-13(25(28,29)30)9-14(11-16)26(31,32)33/h5-11H,1-4,12H2,(H,34,37). The van der Waals surface area contributed by atoms with Gasteiger partial charge in [0.15, 0.2) is 5.16 Å². The number of rotatable bonds is 5. The predicted octanol–water partition coefficient (Wildman–Crippen LogP) is 7.75. The molecule has 1 aliphatic rings. The molecule has 0 bridgehead atoms. The summed E-state index contributed by atoms with van der Waals surface area (Å²) in [6.07, 6.45) is -6.58. The maximum Gasteiger partial charge on any atom is 0.416 e. The molecule has 0 aliphatic heterocycles. The minimum atomic E-state index is -5.05. The number of aryl methyl sites for hydroxylation is 2. The van der Waals surface area contributed by atoms with Crippen LogP contribution in [0.2, 0.25) is 5.02 Å². The fraction of sp³-hybridized carbons (Fsp3) is 0.269. The molecule has 0 saturated carbocycles. The van der Waals surface area contributed by atoms with Crippen LogP contribution in [0.4, 0.5) is 32.0 Å². The first kappa shape index (κ1) is 28.5. The number of hydrogen-bond donors (Lipinski definition) is 1. The fourth-order valence-corrected chi connectivity index (χ4v) is 6.70. The molecule has 0 fully saturated rings. The first-order chi connectivity index (χ1) is 18.8. The van der Waals surface area contributed by atoms with Crippen molar-refractivity contribution >= 4 is 56.5 Å². The predicted molar refractivity (Wildman–Crippen MR) is 143 cm³/mol. The van der Waals surface area contributed by atoms with Crippen molar-refractivity contribution < 1.29 is 31.1 Å². The second kappa shape index (κ2) is 10.7. The van der Waals surface area contributed by atoms with E-state index < -0.39 is 40.8 Å². The second-order valence-corrected chi connectivity index (χ2v) is 11.5. The largest absolute Gasteiger partial charge is 0.416 e. The highest BCUT2D eigenvalue weighted by Crippen LogP contribution is 2.38. The Labute approximate surface area is 236 Å². The van der Waals surface area contributed by atoms with E-state index in [9.17, 15) is 35.9 Å². The summed E-state index contributed by atoms with van der Waals surface area (Å²) in [6.45, 7) is 0. The topological polar surface area (TPSA) is 64.0 Å². The molecule has 1 aliphatic carbocycles. The molecule has 0 radical (unpaired) electrons. The number of alkyl halides is 6. The Morgan fingerprint density at radius 3 is 2.25 bits per heavy atom. The van der Waals surface area contributed by atoms with Gasteiger partial charge in [-0.15, -0.1) is 11.3 Å². The Morgan fingerprint density at radius 1 is 1.00 bits per heavy atom. The van der Waals surface area contributed by atoms with Gasteiger partial charge in [-0.25, -0.2) is 4.98 Å². The number of nitrogens with one attached hydrogen (secondary N) is 1. The van der Waals surface area contributed by atoms with Crippen molar-refractivity contribution in [2.45, 2.75) is 43.2 Å². The summed E-state index contributed by atoms with van der Waals surface area (Å²) in [6, 6.07) is 7.25. The van der Waals surface area contributed by atoms with E-state index in [2.05, 4.69) is 10.3 Å². The Hall–Kier alpha value is -3.03. The van der Waals surface area contributed by atoms with Gasteiger partial charge in [0.05, 0.1) is 28.0 Å². The van der Waals surface area contributed by atoms with Gasteiger partial charge >= 0.3 is 12.4 Å². The molecule has 1 N–H and O–H groups in total. The summed E-state index contributed by atoms with van der Waals surface area (Å²) >= 11 is 8.25. The Kier molecular flexibility index (Phi) is 7.66. The highest BCUT2D eigenvalue weighted by atomic mass is 35.5. The van der Waals surface area contributed by atoms with Crippen LogP contribution in [0.5, 0.6) is 0 Å². The summed E-state index contributed by atoms with van der Waals surface area (Å²) in [5.74, 6) is -1.31. The van der Waals surface area contributed by atoms with E-state index in [4.69, 9.17) is 11.6 Å². The Balaban J connectivity index is 1.48. The molecular formula is C26H18ClF6N3O2S2. The zero-order chi connectivity index (χ0) is 28.8. The number of thiophene rings is 1. The van der Waals surface area contributed by atoms with Crippen LogP contribution in [0.25, 0.3) is 15.9 Å². The number of halogens is 7. The minimum Gasteiger partial charge on any atom is -0.325 e. The smallest absolute Gasteiger partial charge is 0.325 e. The molecule has 40 heavy (non-hydrogen) atoms. The molecule has 5 rings (SSSR count). The minimum absolute atomic E-state index is 0.0189. The zero-order valence-corrected chi connectivity index (χ0v) is 22.6. The van der Waals surface area contributed by atoms with Gasteiger partial charge in [-0.05, 0) is 73.7 Å². The molecule has 0 spiro atoms. The van der Waals surface area contributed by atoms with Crippen LogP contribution >= 0.6 is 34.7 Å². The van der Waals surface area contributed by atoms with Gasteiger partial charge in [-0.3, -0.25) is 14.2 Å². The monoisotopic (exact) mass is 617 g/mol. The van der Waals surface area contributed by atoms with Gasteiger partial charge in [-0.2, -0.15) is 26.3 Å². The van der Waals surface area contributed by atoms with Crippen LogP contribution in [-0.4, -0.2) is 21.2 Å². The number of carbonyl (C=O) groups excluding carboxylic acids is 1. The van der Waals surface area contributed by atoms with Crippen LogP contribution < -0.4 is 10.9 Å². The lowest BCUT2D eigenvalue weighted by Gasteiger charge is -2.15. The maximum atomic E-state index is 13.7. The summed E-state index contributed by atoms with van der Waals surface area (Å²) in [5.41, 5.74) is -2.67. The molecule has 4 aromatic rings. The normalized spacial score (nSPS) is 13.9. The number of anilines is 1. The van der Waals surface area contributed by atoms with Gasteiger partial charge in [0.2, 0.25) is 5.91 Å². The number of aromatic nitrogens is 2. The number of thioether (sulfide) groups is 1. The lowest BCUT2D eigenvalue weighted by molar-refractivity contribution is -0.143. The average molecular weight is 618 g/mol. The van der Waals surface area contributed by atoms with E-state index in [1.165, 1.54) is 15.9 Å². The summed E-state index contributed by atoms with van der Waals surface area (Å²) in [7, 11) is 0. The molecule has 210 valence electrons. The van der Waals surface area contributed by atoms with E-state index in [-0.39, 0.29) is 16.8 Å². The average Bonchev–Trinajstić information content (AvgIpc) is 3.26. The van der Waals surface area contributed by atoms with Gasteiger partial charge < -0.3 is 5.32 Å². The molecule has 14 heteroatoms. The third-order valence-corrected chi connectivity index (χ3v) is 8.62. The molecule has 1 amide bonds. The highest BCUT2D eigenvalue weighted by molar-refractivity contribution is 7.99. The molecule has 0 saturated heterocycles. The number of nitrogens with zero attached hydrogens (tertiary/aromatic N) is 2. The maximum absolute atomic E-state index is 13.7. The van der Waals surface area contributed by atoms with E-state index in [0.29, 0.717) is 33.1 Å². The second-order valence-electron chi connectivity index (χ2n) is 9.03. The third kappa shape index (κ3) is 5.86. The van der Waals surface area contributed by atoms with E-state index in [1.54, 1.807) is 24.3 Å². The van der Waals surface area contributed by atoms with Crippen molar-refractivity contribution in [2.75, 3.05) is 11.1 Å². The molecular weight excluding hydrogens is 600 g/mol. The van der Waals surface area contributed by atoms with Crippen molar-refractivity contribution in [3.8, 4) is 5.69 Å². The van der Waals surface area contributed by atoms with Crippen LogP contribution in [0.15, 0.2) is 52.4 Å². The van der Waals surface area contributed by atoms with Crippen molar-refractivity contribution in [2.24, 2.45) is 0 Å². The van der Waals surface area contributed by atoms with Gasteiger partial charge in [0, 0.05) is 15.6 Å². The third-order valence-electron chi connectivity index (χ3n) is 6.25. The van der Waals surface area contributed by atoms with Crippen LogP contribution in [0.1, 0.15) is 34.4 Å². The number of amides is 1. The number of carbonyl (C=O) groups is 1. The van der Waals surface area contributed by atoms with Gasteiger partial charge in [0.1, 0.15) is 4.83 Å². The van der Waals surface area contributed by atoms with E-state index in [0.717, 1.165) is 47.9 Å². The van der Waals surface area contributed by atoms with Gasteiger partial charge in [-0.1, -0.05) is 23.4 Å². The van der Waals surface area contributed by atoms with Crippen molar-refractivity contribution in [1.29, 1.82) is 0 Å². The molecule has 2 aromatic carbocycles. The summed E-state index contributed by atoms with van der Waals surface area (Å²) in [4.78, 5) is 32.7. The lowest BCUT2D eigenvalue weighted by atomic mass is 9.97. The first-order valence-corrected chi connectivity index (χ1v) is 14.0. The number of hydrogen-bond acceptors (Lipinski definition) is 5. The molecule has 2 aromatic heterocycles. The van der Waals surface area contributed by atoms with E-state index in [1.807, 2.05) is 0 Å². The lowest BCUT2D eigenvalue weighted by Crippen LogP contribution is -2.23. The quantitative estimate of drug-likeness (QED) is 0.141. The summed E-state index contributed by atoms with van der Waals surface area (Å²) in [5, 5.41) is 3.20. The Bertz CT molecular complexity index is 1630. The molecule has 5 nitrogen and oxygen atoms in total. The number of fused-ring (bicyclic) bond motifs is 3. The SMILES string of the molecule is O=C(CSc1nc2sc3c(c2c(=O)n1-c1ccc(Cl)cc1)CCCC3)Nc1cc(C(F)(F)F)cc(C(F)(F)F)c1. The Morgan fingerprint density at radius 2 is 1.62 bits per heavy atom. The molecule has 0 atom stereocenters. The zero-order valence-electron chi connectivity index (χ0n) is 20.3.